The van der Waals surface area contributed by atoms with Crippen LogP contribution in [0, 0.1) is 6.92 Å². The van der Waals surface area contributed by atoms with Crippen LogP contribution in [0.3, 0.4) is 0 Å². The second-order valence-electron chi connectivity index (χ2n) is 6.60. The average molecular weight is 321 g/mol. The molecular formula is C18H31N3O2. The Labute approximate surface area is 139 Å². The minimum absolute atomic E-state index is 0.00350. The number of likely N-dealkylation sites (tertiary alicyclic amines) is 1. The van der Waals surface area contributed by atoms with Crippen molar-refractivity contribution in [3.05, 3.63) is 23.2 Å². The number of aryl methyl sites for hydroxylation is 1. The van der Waals surface area contributed by atoms with E-state index in [1.54, 1.807) is 0 Å². The van der Waals surface area contributed by atoms with Crippen LogP contribution >= 0.6 is 0 Å². The fourth-order valence-corrected chi connectivity index (χ4v) is 3.18. The third-order valence-corrected chi connectivity index (χ3v) is 4.53. The molecule has 1 saturated heterocycles. The lowest BCUT2D eigenvalue weighted by Gasteiger charge is -2.29. The topological polar surface area (TPSA) is 62.7 Å². The van der Waals surface area contributed by atoms with Crippen LogP contribution in [0.1, 0.15) is 61.4 Å². The first kappa shape index (κ1) is 18.0. The molecule has 0 saturated carbocycles. The van der Waals surface area contributed by atoms with Gasteiger partial charge in [0, 0.05) is 31.2 Å². The Morgan fingerprint density at radius 3 is 2.48 bits per heavy atom. The molecule has 1 amide bonds. The number of furan rings is 1. The van der Waals surface area contributed by atoms with Gasteiger partial charge in [0.1, 0.15) is 5.76 Å². The van der Waals surface area contributed by atoms with E-state index in [4.69, 9.17) is 10.2 Å². The molecule has 130 valence electrons. The minimum atomic E-state index is 0.00350. The van der Waals surface area contributed by atoms with Gasteiger partial charge in [0.25, 0.3) is 5.91 Å². The summed E-state index contributed by atoms with van der Waals surface area (Å²) >= 11 is 0. The molecule has 1 fully saturated rings. The molecule has 2 heterocycles. The van der Waals surface area contributed by atoms with Gasteiger partial charge in [0.2, 0.25) is 0 Å². The predicted octanol–water partition coefficient (Wildman–Crippen LogP) is 2.77. The lowest BCUT2D eigenvalue weighted by atomic mass is 10.1. The third-order valence-electron chi connectivity index (χ3n) is 4.53. The molecule has 0 radical (unpaired) electrons. The first-order chi connectivity index (χ1) is 11.0. The van der Waals surface area contributed by atoms with Gasteiger partial charge in [0.05, 0.1) is 0 Å². The van der Waals surface area contributed by atoms with E-state index in [0.717, 1.165) is 69.7 Å². The van der Waals surface area contributed by atoms with E-state index in [2.05, 4.69) is 18.7 Å². The smallest absolute Gasteiger partial charge is 0.289 e. The first-order valence-corrected chi connectivity index (χ1v) is 8.91. The van der Waals surface area contributed by atoms with Crippen molar-refractivity contribution in [2.75, 3.05) is 26.2 Å². The summed E-state index contributed by atoms with van der Waals surface area (Å²) in [6.45, 7) is 10.8. The van der Waals surface area contributed by atoms with Gasteiger partial charge in [0.15, 0.2) is 5.76 Å². The molecule has 0 aromatic carbocycles. The highest BCUT2D eigenvalue weighted by Gasteiger charge is 2.25. The van der Waals surface area contributed by atoms with Crippen molar-refractivity contribution < 1.29 is 9.21 Å². The summed E-state index contributed by atoms with van der Waals surface area (Å²) in [5.74, 6) is 1.34. The summed E-state index contributed by atoms with van der Waals surface area (Å²) in [7, 11) is 0. The molecule has 1 aromatic heterocycles. The van der Waals surface area contributed by atoms with Crippen molar-refractivity contribution in [2.45, 2.75) is 59.0 Å². The number of piperidine rings is 1. The molecule has 1 aliphatic rings. The maximum atomic E-state index is 12.6. The monoisotopic (exact) mass is 321 g/mol. The molecule has 23 heavy (non-hydrogen) atoms. The molecule has 1 aromatic rings. The Hall–Kier alpha value is -1.33. The number of amides is 1. The molecule has 5 nitrogen and oxygen atoms in total. The zero-order valence-electron chi connectivity index (χ0n) is 14.8. The summed E-state index contributed by atoms with van der Waals surface area (Å²) in [5.41, 5.74) is 7.04. The van der Waals surface area contributed by atoms with Crippen LogP contribution in [0.2, 0.25) is 0 Å². The van der Waals surface area contributed by atoms with Gasteiger partial charge in [-0.25, -0.2) is 0 Å². The molecule has 0 unspecified atom stereocenters. The number of hydrogen-bond acceptors (Lipinski definition) is 4. The maximum Gasteiger partial charge on any atom is 0.289 e. The van der Waals surface area contributed by atoms with E-state index in [-0.39, 0.29) is 11.9 Å². The number of hydrogen-bond donors (Lipinski definition) is 1. The maximum absolute atomic E-state index is 12.6. The quantitative estimate of drug-likeness (QED) is 0.839. The highest BCUT2D eigenvalue weighted by Crippen LogP contribution is 2.20. The first-order valence-electron chi connectivity index (χ1n) is 8.91. The molecule has 5 heteroatoms. The van der Waals surface area contributed by atoms with Crippen LogP contribution in [0.4, 0.5) is 0 Å². The third kappa shape index (κ3) is 4.82. The zero-order valence-corrected chi connectivity index (χ0v) is 14.8. The van der Waals surface area contributed by atoms with E-state index in [1.165, 1.54) is 0 Å². The lowest BCUT2D eigenvalue weighted by Crippen LogP contribution is -2.42. The second kappa shape index (κ2) is 8.50. The number of carbonyl (C=O) groups excluding carboxylic acids is 1. The molecule has 0 atom stereocenters. The summed E-state index contributed by atoms with van der Waals surface area (Å²) < 4.78 is 5.76. The Kier molecular flexibility index (Phi) is 6.66. The average Bonchev–Trinajstić information content (AvgIpc) is 2.89. The number of nitrogens with two attached hydrogens (primary N) is 1. The van der Waals surface area contributed by atoms with Crippen molar-refractivity contribution in [3.8, 4) is 0 Å². The van der Waals surface area contributed by atoms with E-state index in [9.17, 15) is 4.79 Å². The zero-order chi connectivity index (χ0) is 16.8. The Morgan fingerprint density at radius 1 is 1.30 bits per heavy atom. The fraction of sp³-hybridized carbons (Fsp3) is 0.722. The highest BCUT2D eigenvalue weighted by atomic mass is 16.4. The van der Waals surface area contributed by atoms with Crippen LogP contribution in [0.25, 0.3) is 0 Å². The van der Waals surface area contributed by atoms with Crippen molar-refractivity contribution in [3.63, 3.8) is 0 Å². The SMILES string of the molecule is CCCN(CCC)Cc1cc(C(=O)N2CCC(N)CC2)oc1C. The highest BCUT2D eigenvalue weighted by molar-refractivity contribution is 5.91. The molecule has 2 N–H and O–H groups in total. The van der Waals surface area contributed by atoms with E-state index < -0.39 is 0 Å². The second-order valence-corrected chi connectivity index (χ2v) is 6.60. The Morgan fingerprint density at radius 2 is 1.91 bits per heavy atom. The fourth-order valence-electron chi connectivity index (χ4n) is 3.18. The lowest BCUT2D eigenvalue weighted by molar-refractivity contribution is 0.0681. The predicted molar refractivity (Wildman–Crippen MR) is 92.4 cm³/mol. The summed E-state index contributed by atoms with van der Waals surface area (Å²) in [4.78, 5) is 16.9. The van der Waals surface area contributed by atoms with Crippen molar-refractivity contribution in [1.29, 1.82) is 0 Å². The summed E-state index contributed by atoms with van der Waals surface area (Å²) in [6.07, 6.45) is 4.02. The van der Waals surface area contributed by atoms with Crippen molar-refractivity contribution in [1.82, 2.24) is 9.80 Å². The molecule has 2 rings (SSSR count). The summed E-state index contributed by atoms with van der Waals surface area (Å²) in [6, 6.07) is 2.16. The molecule has 0 spiro atoms. The van der Waals surface area contributed by atoms with Crippen molar-refractivity contribution >= 4 is 5.91 Å². The van der Waals surface area contributed by atoms with Crippen LogP contribution in [0.15, 0.2) is 10.5 Å². The normalized spacial score (nSPS) is 16.3. The van der Waals surface area contributed by atoms with E-state index in [0.29, 0.717) is 5.76 Å². The van der Waals surface area contributed by atoms with Crippen LogP contribution in [0.5, 0.6) is 0 Å². The van der Waals surface area contributed by atoms with Gasteiger partial charge in [-0.1, -0.05) is 13.8 Å². The van der Waals surface area contributed by atoms with Gasteiger partial charge in [-0.05, 0) is 51.8 Å². The number of carbonyl (C=O) groups is 1. The molecular weight excluding hydrogens is 290 g/mol. The molecule has 0 bridgehead atoms. The Balaban J connectivity index is 2.03. The van der Waals surface area contributed by atoms with Crippen LogP contribution in [-0.4, -0.2) is 47.9 Å². The van der Waals surface area contributed by atoms with Crippen molar-refractivity contribution in [2.24, 2.45) is 5.73 Å². The van der Waals surface area contributed by atoms with E-state index >= 15 is 0 Å². The van der Waals surface area contributed by atoms with Gasteiger partial charge < -0.3 is 15.1 Å². The van der Waals surface area contributed by atoms with Gasteiger partial charge in [-0.3, -0.25) is 9.69 Å². The van der Waals surface area contributed by atoms with E-state index in [1.807, 2.05) is 17.9 Å². The largest absolute Gasteiger partial charge is 0.456 e. The summed E-state index contributed by atoms with van der Waals surface area (Å²) in [5, 5.41) is 0. The van der Waals surface area contributed by atoms with Crippen LogP contribution in [-0.2, 0) is 6.54 Å². The van der Waals surface area contributed by atoms with Gasteiger partial charge in [-0.2, -0.15) is 0 Å². The molecule has 0 aliphatic carbocycles. The number of nitrogens with zero attached hydrogens (tertiary/aromatic N) is 2. The number of rotatable bonds is 7. The standard InChI is InChI=1S/C18H31N3O2/c1-4-8-20(9-5-2)13-15-12-17(23-14(15)3)18(22)21-10-6-16(19)7-11-21/h12,16H,4-11,13,19H2,1-3H3. The van der Waals surface area contributed by atoms with Crippen LogP contribution < -0.4 is 5.73 Å². The Bertz CT molecular complexity index is 498. The van der Waals surface area contributed by atoms with Gasteiger partial charge in [-0.15, -0.1) is 0 Å². The van der Waals surface area contributed by atoms with Gasteiger partial charge >= 0.3 is 0 Å². The minimum Gasteiger partial charge on any atom is -0.456 e. The molecule has 1 aliphatic heterocycles.